The van der Waals surface area contributed by atoms with E-state index in [1.165, 1.54) is 37.6 Å². The van der Waals surface area contributed by atoms with Crippen LogP contribution in [0.1, 0.15) is 89.4 Å². The molecule has 3 aliphatic carbocycles. The highest BCUT2D eigenvalue weighted by Gasteiger charge is 2.85. The van der Waals surface area contributed by atoms with Gasteiger partial charge in [-0.3, -0.25) is 9.52 Å². The van der Waals surface area contributed by atoms with E-state index in [0.717, 1.165) is 55.6 Å². The SMILES string of the molecule is CC(C)C1CCC2CN(c3nc(-n4ccc(OCCC5C6(CC6)C56CC6)n4)ccc3C(=O)NSc3cccc(n3)N1)C(C)(C)C2. The highest BCUT2D eigenvalue weighted by molar-refractivity contribution is 7.97. The number of anilines is 2. The maximum absolute atomic E-state index is 13.7. The smallest absolute Gasteiger partial charge is 0.265 e. The van der Waals surface area contributed by atoms with Crippen molar-refractivity contribution in [1.29, 1.82) is 0 Å². The Morgan fingerprint density at radius 2 is 1.84 bits per heavy atom. The van der Waals surface area contributed by atoms with Crippen LogP contribution < -0.4 is 19.7 Å². The molecule has 5 aliphatic rings. The Bertz CT molecular complexity index is 1590. The molecule has 3 saturated carbocycles. The molecular formula is C35H45N7O2S. The van der Waals surface area contributed by atoms with Crippen LogP contribution in [0.2, 0.25) is 0 Å². The van der Waals surface area contributed by atoms with Crippen LogP contribution in [0.3, 0.4) is 0 Å². The molecule has 0 aromatic carbocycles. The van der Waals surface area contributed by atoms with Crippen molar-refractivity contribution in [3.05, 3.63) is 48.2 Å². The van der Waals surface area contributed by atoms with Gasteiger partial charge in [-0.1, -0.05) is 19.9 Å². The first-order valence-corrected chi connectivity index (χ1v) is 17.7. The van der Waals surface area contributed by atoms with Crippen LogP contribution in [-0.2, 0) is 0 Å². The highest BCUT2D eigenvalue weighted by atomic mass is 32.2. The third-order valence-corrected chi connectivity index (χ3v) is 12.3. The topological polar surface area (TPSA) is 97.2 Å². The molecule has 5 heterocycles. The molecule has 2 unspecified atom stereocenters. The molecule has 10 heteroatoms. The predicted molar refractivity (Wildman–Crippen MR) is 177 cm³/mol. The third kappa shape index (κ3) is 5.17. The number of carbonyl (C=O) groups excluding carboxylic acids is 1. The van der Waals surface area contributed by atoms with Crippen LogP contribution in [-0.4, -0.2) is 50.4 Å². The fourth-order valence-corrected chi connectivity index (χ4v) is 9.53. The Hall–Kier alpha value is -3.27. The van der Waals surface area contributed by atoms with Crippen LogP contribution in [0.5, 0.6) is 5.88 Å². The lowest BCUT2D eigenvalue weighted by Crippen LogP contribution is -2.40. The molecule has 2 atom stereocenters. The summed E-state index contributed by atoms with van der Waals surface area (Å²) in [5.41, 5.74) is 1.81. The fourth-order valence-electron chi connectivity index (χ4n) is 8.93. The van der Waals surface area contributed by atoms with E-state index >= 15 is 0 Å². The zero-order valence-corrected chi connectivity index (χ0v) is 27.7. The van der Waals surface area contributed by atoms with Crippen molar-refractivity contribution in [1.82, 2.24) is 24.5 Å². The monoisotopic (exact) mass is 627 g/mol. The summed E-state index contributed by atoms with van der Waals surface area (Å²) in [6, 6.07) is 11.9. The van der Waals surface area contributed by atoms with Gasteiger partial charge in [-0.15, -0.1) is 5.10 Å². The van der Waals surface area contributed by atoms with E-state index in [4.69, 9.17) is 19.8 Å². The Kier molecular flexibility index (Phi) is 6.89. The van der Waals surface area contributed by atoms with E-state index in [0.29, 0.717) is 51.8 Å². The second-order valence-corrected chi connectivity index (χ2v) is 15.9. The molecule has 2 N–H and O–H groups in total. The number of aromatic nitrogens is 4. The molecule has 2 spiro atoms. The molecule has 1 saturated heterocycles. The zero-order chi connectivity index (χ0) is 31.0. The van der Waals surface area contributed by atoms with Crippen molar-refractivity contribution < 1.29 is 9.53 Å². The maximum Gasteiger partial charge on any atom is 0.265 e. The molecule has 3 aromatic rings. The Morgan fingerprint density at radius 3 is 2.60 bits per heavy atom. The van der Waals surface area contributed by atoms with Gasteiger partial charge in [0.25, 0.3) is 5.91 Å². The molecule has 8 rings (SSSR count). The van der Waals surface area contributed by atoms with Crippen LogP contribution in [0.4, 0.5) is 11.6 Å². The summed E-state index contributed by atoms with van der Waals surface area (Å²) in [7, 11) is 0. The Balaban J connectivity index is 1.05. The molecule has 4 bridgehead atoms. The molecule has 3 aromatic heterocycles. The molecule has 1 amide bonds. The minimum Gasteiger partial charge on any atom is -0.477 e. The number of nitrogens with one attached hydrogen (secondary N) is 2. The minimum atomic E-state index is -0.185. The van der Waals surface area contributed by atoms with Gasteiger partial charge in [-0.25, -0.2) is 14.6 Å². The maximum atomic E-state index is 13.7. The number of nitrogens with zero attached hydrogens (tertiary/aromatic N) is 5. The van der Waals surface area contributed by atoms with Crippen molar-refractivity contribution in [2.45, 2.75) is 95.7 Å². The number of pyridine rings is 2. The van der Waals surface area contributed by atoms with Crippen molar-refractivity contribution in [2.75, 3.05) is 23.4 Å². The van der Waals surface area contributed by atoms with Crippen LogP contribution in [0.25, 0.3) is 5.82 Å². The Labute approximate surface area is 270 Å². The van der Waals surface area contributed by atoms with E-state index in [1.807, 2.05) is 42.6 Å². The van der Waals surface area contributed by atoms with E-state index in [9.17, 15) is 4.79 Å². The molecular weight excluding hydrogens is 582 g/mol. The lowest BCUT2D eigenvalue weighted by Gasteiger charge is -2.34. The van der Waals surface area contributed by atoms with Gasteiger partial charge >= 0.3 is 0 Å². The number of carbonyl (C=O) groups is 1. The highest BCUT2D eigenvalue weighted by Crippen LogP contribution is 2.93. The molecule has 4 fully saturated rings. The summed E-state index contributed by atoms with van der Waals surface area (Å²) in [5, 5.41) is 9.15. The van der Waals surface area contributed by atoms with Gasteiger partial charge in [-0.2, -0.15) is 0 Å². The van der Waals surface area contributed by atoms with Crippen LogP contribution in [0, 0.1) is 28.6 Å². The number of rotatable bonds is 6. The molecule has 45 heavy (non-hydrogen) atoms. The molecule has 238 valence electrons. The number of hydrogen-bond donors (Lipinski definition) is 2. The normalized spacial score (nSPS) is 25.7. The van der Waals surface area contributed by atoms with Crippen LogP contribution >= 0.6 is 11.9 Å². The standard InChI is InChI=1S/C35H45N7O2S/c1-22(2)25-10-8-23-20-33(3,4)41(21-23)31-24(32(43)40-45-30-7-5-6-27(36-25)37-30)9-11-28(38-31)42-18-12-29(39-42)44-19-13-26-34(14-15-34)35(26)16-17-35/h5-7,9,11-12,18,22-23,25-26H,8,10,13-17,19-21H2,1-4H3,(H,36,37)(H,40,43). The third-order valence-electron chi connectivity index (χ3n) is 11.6. The fraction of sp³-hybridized carbons (Fsp3) is 0.600. The van der Waals surface area contributed by atoms with E-state index in [1.54, 1.807) is 4.68 Å². The molecule has 9 nitrogen and oxygen atoms in total. The van der Waals surface area contributed by atoms with Crippen molar-refractivity contribution >= 4 is 29.5 Å². The van der Waals surface area contributed by atoms with E-state index in [-0.39, 0.29) is 11.4 Å². The van der Waals surface area contributed by atoms with Crippen molar-refractivity contribution in [2.24, 2.45) is 28.6 Å². The summed E-state index contributed by atoms with van der Waals surface area (Å²) in [4.78, 5) is 26.0. The van der Waals surface area contributed by atoms with Gasteiger partial charge in [0.15, 0.2) is 5.82 Å². The lowest BCUT2D eigenvalue weighted by atomic mass is 9.89. The van der Waals surface area contributed by atoms with Gasteiger partial charge in [0.2, 0.25) is 5.88 Å². The lowest BCUT2D eigenvalue weighted by molar-refractivity contribution is 0.0984. The molecule has 0 radical (unpaired) electrons. The number of ether oxygens (including phenoxy) is 1. The number of amides is 1. The largest absolute Gasteiger partial charge is 0.477 e. The predicted octanol–water partition coefficient (Wildman–Crippen LogP) is 6.89. The average Bonchev–Trinajstić information content (AvgIpc) is 3.97. The van der Waals surface area contributed by atoms with Gasteiger partial charge in [0, 0.05) is 42.3 Å². The van der Waals surface area contributed by atoms with Gasteiger partial charge < -0.3 is 15.0 Å². The number of hydrogen-bond acceptors (Lipinski definition) is 8. The second-order valence-electron chi connectivity index (χ2n) is 15.1. The van der Waals surface area contributed by atoms with E-state index < -0.39 is 0 Å². The van der Waals surface area contributed by atoms with Crippen molar-refractivity contribution in [3.8, 4) is 11.7 Å². The summed E-state index contributed by atoms with van der Waals surface area (Å²) >= 11 is 1.24. The van der Waals surface area contributed by atoms with Crippen LogP contribution in [0.15, 0.2) is 47.6 Å². The summed E-state index contributed by atoms with van der Waals surface area (Å²) < 4.78 is 10.9. The summed E-state index contributed by atoms with van der Waals surface area (Å²) in [5.74, 6) is 4.49. The quantitative estimate of drug-likeness (QED) is 0.285. The summed E-state index contributed by atoms with van der Waals surface area (Å²) in [6.45, 7) is 10.6. The second kappa shape index (κ2) is 10.6. The first-order chi connectivity index (χ1) is 21.7. The van der Waals surface area contributed by atoms with Crippen molar-refractivity contribution in [3.63, 3.8) is 0 Å². The minimum absolute atomic E-state index is 0.152. The van der Waals surface area contributed by atoms with E-state index in [2.05, 4.69) is 42.6 Å². The first kappa shape index (κ1) is 29.2. The van der Waals surface area contributed by atoms with Gasteiger partial charge in [0.1, 0.15) is 16.7 Å². The Morgan fingerprint density at radius 1 is 1.04 bits per heavy atom. The summed E-state index contributed by atoms with van der Waals surface area (Å²) in [6.07, 6.45) is 12.0. The molecule has 2 aliphatic heterocycles. The van der Waals surface area contributed by atoms with Gasteiger partial charge in [-0.05, 0) is 118 Å². The zero-order valence-electron chi connectivity index (χ0n) is 26.9. The number of fused-ring (bicyclic) bond motifs is 7. The van der Waals surface area contributed by atoms with Gasteiger partial charge in [0.05, 0.1) is 12.2 Å². The average molecular weight is 628 g/mol. The first-order valence-electron chi connectivity index (χ1n) is 16.9.